The molecule has 100 valence electrons. The molecule has 0 bridgehead atoms. The van der Waals surface area contributed by atoms with Crippen LogP contribution in [0.2, 0.25) is 0 Å². The second-order valence-electron chi connectivity index (χ2n) is 3.97. The minimum absolute atomic E-state index is 0.0858. The van der Waals surface area contributed by atoms with E-state index in [9.17, 15) is 13.2 Å². The summed E-state index contributed by atoms with van der Waals surface area (Å²) in [4.78, 5) is 0. The summed E-state index contributed by atoms with van der Waals surface area (Å²) in [6.45, 7) is 0.0858. The SMILES string of the molecule is NCC(Oc1ccc(F)cc1F)c1ccc(F)cc1. The van der Waals surface area contributed by atoms with Crippen LogP contribution in [0, 0.1) is 17.5 Å². The summed E-state index contributed by atoms with van der Waals surface area (Å²) >= 11 is 0. The molecule has 0 aliphatic carbocycles. The molecule has 2 aromatic rings. The van der Waals surface area contributed by atoms with Crippen molar-refractivity contribution in [1.82, 2.24) is 0 Å². The maximum Gasteiger partial charge on any atom is 0.168 e. The monoisotopic (exact) mass is 267 g/mol. The standard InChI is InChI=1S/C14H12F3NO/c15-10-3-1-9(2-4-10)14(8-18)19-13-6-5-11(16)7-12(13)17/h1-7,14H,8,18H2. The van der Waals surface area contributed by atoms with Gasteiger partial charge < -0.3 is 10.5 Å². The van der Waals surface area contributed by atoms with Gasteiger partial charge in [-0.25, -0.2) is 13.2 Å². The molecule has 0 aromatic heterocycles. The third-order valence-electron chi connectivity index (χ3n) is 2.62. The van der Waals surface area contributed by atoms with Crippen molar-refractivity contribution in [2.75, 3.05) is 6.54 Å². The van der Waals surface area contributed by atoms with E-state index in [1.54, 1.807) is 0 Å². The van der Waals surface area contributed by atoms with Gasteiger partial charge in [-0.15, -0.1) is 0 Å². The van der Waals surface area contributed by atoms with Crippen molar-refractivity contribution in [1.29, 1.82) is 0 Å². The quantitative estimate of drug-likeness (QED) is 0.923. The molecular weight excluding hydrogens is 255 g/mol. The van der Waals surface area contributed by atoms with Crippen LogP contribution in [0.15, 0.2) is 42.5 Å². The Bertz CT molecular complexity index is 557. The predicted octanol–water partition coefficient (Wildman–Crippen LogP) is 3.18. The molecule has 1 unspecified atom stereocenters. The van der Waals surface area contributed by atoms with Crippen LogP contribution in [-0.4, -0.2) is 6.54 Å². The van der Waals surface area contributed by atoms with Crippen molar-refractivity contribution in [2.24, 2.45) is 5.73 Å². The molecule has 2 N–H and O–H groups in total. The molecule has 0 heterocycles. The topological polar surface area (TPSA) is 35.2 Å². The Morgan fingerprint density at radius 2 is 1.58 bits per heavy atom. The highest BCUT2D eigenvalue weighted by Gasteiger charge is 2.14. The zero-order chi connectivity index (χ0) is 13.8. The lowest BCUT2D eigenvalue weighted by molar-refractivity contribution is 0.204. The van der Waals surface area contributed by atoms with Crippen LogP contribution in [0.5, 0.6) is 5.75 Å². The first-order valence-electron chi connectivity index (χ1n) is 5.67. The van der Waals surface area contributed by atoms with Crippen molar-refractivity contribution in [2.45, 2.75) is 6.10 Å². The molecule has 2 rings (SSSR count). The van der Waals surface area contributed by atoms with Crippen LogP contribution in [0.4, 0.5) is 13.2 Å². The molecule has 0 spiro atoms. The van der Waals surface area contributed by atoms with Crippen LogP contribution in [0.25, 0.3) is 0 Å². The highest BCUT2D eigenvalue weighted by Crippen LogP contribution is 2.24. The van der Waals surface area contributed by atoms with Crippen LogP contribution in [0.3, 0.4) is 0 Å². The minimum atomic E-state index is -0.805. The molecule has 0 saturated carbocycles. The fourth-order valence-electron chi connectivity index (χ4n) is 1.65. The predicted molar refractivity (Wildman–Crippen MR) is 65.2 cm³/mol. The summed E-state index contributed by atoms with van der Waals surface area (Å²) in [5.41, 5.74) is 6.17. The molecular formula is C14H12F3NO. The van der Waals surface area contributed by atoms with Gasteiger partial charge in [0.1, 0.15) is 17.7 Å². The Balaban J connectivity index is 2.21. The van der Waals surface area contributed by atoms with E-state index in [2.05, 4.69) is 0 Å². The minimum Gasteiger partial charge on any atom is -0.481 e. The zero-order valence-electron chi connectivity index (χ0n) is 9.95. The number of halogens is 3. The second-order valence-corrected chi connectivity index (χ2v) is 3.97. The van der Waals surface area contributed by atoms with E-state index < -0.39 is 17.7 Å². The van der Waals surface area contributed by atoms with E-state index in [4.69, 9.17) is 10.5 Å². The zero-order valence-corrected chi connectivity index (χ0v) is 9.95. The molecule has 1 atom stereocenters. The second kappa shape index (κ2) is 5.75. The molecule has 0 radical (unpaired) electrons. The van der Waals surface area contributed by atoms with Crippen molar-refractivity contribution in [3.05, 3.63) is 65.5 Å². The van der Waals surface area contributed by atoms with E-state index in [1.165, 1.54) is 30.3 Å². The lowest BCUT2D eigenvalue weighted by Crippen LogP contribution is -2.19. The van der Waals surface area contributed by atoms with Gasteiger partial charge in [0.05, 0.1) is 0 Å². The van der Waals surface area contributed by atoms with Gasteiger partial charge in [-0.2, -0.15) is 0 Å². The first kappa shape index (κ1) is 13.4. The van der Waals surface area contributed by atoms with Gasteiger partial charge in [0.2, 0.25) is 0 Å². The lowest BCUT2D eigenvalue weighted by atomic mass is 10.1. The largest absolute Gasteiger partial charge is 0.481 e. The van der Waals surface area contributed by atoms with Gasteiger partial charge in [0.15, 0.2) is 11.6 Å². The Labute approximate surface area is 108 Å². The van der Waals surface area contributed by atoms with E-state index in [0.717, 1.165) is 12.1 Å². The highest BCUT2D eigenvalue weighted by atomic mass is 19.1. The normalized spacial score (nSPS) is 12.2. The third-order valence-corrected chi connectivity index (χ3v) is 2.62. The first-order valence-corrected chi connectivity index (χ1v) is 5.67. The van der Waals surface area contributed by atoms with Crippen molar-refractivity contribution in [3.8, 4) is 5.75 Å². The van der Waals surface area contributed by atoms with Crippen LogP contribution < -0.4 is 10.5 Å². The number of ether oxygens (including phenoxy) is 1. The fourth-order valence-corrected chi connectivity index (χ4v) is 1.65. The fraction of sp³-hybridized carbons (Fsp3) is 0.143. The number of benzene rings is 2. The van der Waals surface area contributed by atoms with E-state index >= 15 is 0 Å². The number of nitrogens with two attached hydrogens (primary N) is 1. The Morgan fingerprint density at radius 3 is 2.16 bits per heavy atom. The lowest BCUT2D eigenvalue weighted by Gasteiger charge is -2.18. The van der Waals surface area contributed by atoms with Gasteiger partial charge in [-0.05, 0) is 29.8 Å². The maximum atomic E-state index is 13.5. The smallest absolute Gasteiger partial charge is 0.168 e. The molecule has 19 heavy (non-hydrogen) atoms. The van der Waals surface area contributed by atoms with Crippen LogP contribution >= 0.6 is 0 Å². The average Bonchev–Trinajstić information content (AvgIpc) is 2.39. The van der Waals surface area contributed by atoms with Gasteiger partial charge in [-0.3, -0.25) is 0 Å². The number of hydrogen-bond acceptors (Lipinski definition) is 2. The summed E-state index contributed by atoms with van der Waals surface area (Å²) in [6.07, 6.45) is -0.624. The average molecular weight is 267 g/mol. The van der Waals surface area contributed by atoms with Crippen LogP contribution in [0.1, 0.15) is 11.7 Å². The Kier molecular flexibility index (Phi) is 4.06. The summed E-state index contributed by atoms with van der Waals surface area (Å²) in [5, 5.41) is 0. The first-order chi connectivity index (χ1) is 9.10. The van der Waals surface area contributed by atoms with Crippen molar-refractivity contribution >= 4 is 0 Å². The van der Waals surface area contributed by atoms with E-state index in [-0.39, 0.29) is 18.1 Å². The highest BCUT2D eigenvalue weighted by molar-refractivity contribution is 5.27. The molecule has 0 aliphatic rings. The summed E-state index contributed by atoms with van der Waals surface area (Å²) < 4.78 is 44.4. The molecule has 0 aliphatic heterocycles. The number of hydrogen-bond donors (Lipinski definition) is 1. The molecule has 0 fully saturated rings. The molecule has 2 nitrogen and oxygen atoms in total. The summed E-state index contributed by atoms with van der Waals surface area (Å²) in [6, 6.07) is 8.56. The van der Waals surface area contributed by atoms with Crippen LogP contribution in [-0.2, 0) is 0 Å². The van der Waals surface area contributed by atoms with Gasteiger partial charge >= 0.3 is 0 Å². The van der Waals surface area contributed by atoms with Crippen molar-refractivity contribution in [3.63, 3.8) is 0 Å². The number of rotatable bonds is 4. The molecule has 0 saturated heterocycles. The Morgan fingerprint density at radius 1 is 0.947 bits per heavy atom. The molecule has 2 aromatic carbocycles. The maximum absolute atomic E-state index is 13.5. The molecule has 0 amide bonds. The molecule has 5 heteroatoms. The van der Waals surface area contributed by atoms with Gasteiger partial charge in [-0.1, -0.05) is 12.1 Å². The Hall–Kier alpha value is -2.01. The third kappa shape index (κ3) is 3.26. The van der Waals surface area contributed by atoms with Gasteiger partial charge in [0.25, 0.3) is 0 Å². The van der Waals surface area contributed by atoms with E-state index in [1.807, 2.05) is 0 Å². The van der Waals surface area contributed by atoms with Crippen molar-refractivity contribution < 1.29 is 17.9 Å². The van der Waals surface area contributed by atoms with E-state index in [0.29, 0.717) is 5.56 Å². The summed E-state index contributed by atoms with van der Waals surface area (Å²) in [5.74, 6) is -1.97. The van der Waals surface area contributed by atoms with Gasteiger partial charge in [0, 0.05) is 12.6 Å². The summed E-state index contributed by atoms with van der Waals surface area (Å²) in [7, 11) is 0.